The summed E-state index contributed by atoms with van der Waals surface area (Å²) in [7, 11) is 0. The molecule has 0 saturated heterocycles. The van der Waals surface area contributed by atoms with Crippen LogP contribution in [0.15, 0.2) is 48.8 Å². The molecule has 1 aromatic carbocycles. The predicted octanol–water partition coefficient (Wildman–Crippen LogP) is 2.65. The van der Waals surface area contributed by atoms with Crippen molar-refractivity contribution in [2.24, 2.45) is 0 Å². The second kappa shape index (κ2) is 7.24. The van der Waals surface area contributed by atoms with Crippen LogP contribution in [-0.2, 0) is 17.9 Å². The molecule has 0 amide bonds. The molecule has 1 aliphatic heterocycles. The number of aliphatic carboxylic acids is 1. The van der Waals surface area contributed by atoms with E-state index in [1.54, 1.807) is 4.68 Å². The van der Waals surface area contributed by atoms with Crippen molar-refractivity contribution in [2.45, 2.75) is 25.9 Å². The molecule has 0 saturated carbocycles. The van der Waals surface area contributed by atoms with Gasteiger partial charge in [-0.15, -0.1) is 0 Å². The summed E-state index contributed by atoms with van der Waals surface area (Å²) >= 11 is 0. The van der Waals surface area contributed by atoms with Gasteiger partial charge < -0.3 is 5.11 Å². The fraction of sp³-hybridized carbons (Fsp3) is 0.333. The minimum Gasteiger partial charge on any atom is -0.481 e. The lowest BCUT2D eigenvalue weighted by atomic mass is 9.99. The smallest absolute Gasteiger partial charge is 0.305 e. The Kier molecular flexibility index (Phi) is 4.88. The van der Waals surface area contributed by atoms with E-state index in [0.29, 0.717) is 6.54 Å². The molecule has 0 unspecified atom stereocenters. The highest BCUT2D eigenvalue weighted by Crippen LogP contribution is 2.22. The molecule has 23 heavy (non-hydrogen) atoms. The minimum absolute atomic E-state index is 0.105. The molecule has 0 atom stereocenters. The number of rotatable bonds is 6. The number of aryl methyl sites for hydroxylation is 1. The highest BCUT2D eigenvalue weighted by molar-refractivity contribution is 5.66. The molecule has 2 heterocycles. The van der Waals surface area contributed by atoms with Crippen molar-refractivity contribution in [2.75, 3.05) is 13.1 Å². The van der Waals surface area contributed by atoms with Gasteiger partial charge in [0.2, 0.25) is 0 Å². The first-order chi connectivity index (χ1) is 11.2. The summed E-state index contributed by atoms with van der Waals surface area (Å²) in [6.45, 7) is 3.24. The van der Waals surface area contributed by atoms with Crippen LogP contribution < -0.4 is 0 Å². The fourth-order valence-corrected chi connectivity index (χ4v) is 2.85. The van der Waals surface area contributed by atoms with Crippen LogP contribution in [0.2, 0.25) is 0 Å². The first-order valence-corrected chi connectivity index (χ1v) is 7.90. The molecule has 0 radical (unpaired) electrons. The normalized spacial score (nSPS) is 15.4. The first-order valence-electron chi connectivity index (χ1n) is 7.90. The van der Waals surface area contributed by atoms with E-state index in [-0.39, 0.29) is 6.42 Å². The minimum atomic E-state index is -0.795. The van der Waals surface area contributed by atoms with Gasteiger partial charge in [-0.2, -0.15) is 5.10 Å². The number of nitrogens with zero attached hydrogens (tertiary/aromatic N) is 3. The van der Waals surface area contributed by atoms with Gasteiger partial charge in [0.1, 0.15) is 0 Å². The Morgan fingerprint density at radius 3 is 2.78 bits per heavy atom. The number of hydrogen-bond acceptors (Lipinski definition) is 3. The summed E-state index contributed by atoms with van der Waals surface area (Å²) < 4.78 is 1.71. The highest BCUT2D eigenvalue weighted by atomic mass is 16.4. The lowest BCUT2D eigenvalue weighted by Gasteiger charge is -2.26. The van der Waals surface area contributed by atoms with Crippen LogP contribution in [0.4, 0.5) is 0 Å². The predicted molar refractivity (Wildman–Crippen MR) is 88.8 cm³/mol. The molecule has 120 valence electrons. The number of carboxylic acid groups (broad SMARTS) is 1. The largest absolute Gasteiger partial charge is 0.481 e. The Morgan fingerprint density at radius 2 is 2.09 bits per heavy atom. The Morgan fingerprint density at radius 1 is 1.26 bits per heavy atom. The summed E-state index contributed by atoms with van der Waals surface area (Å²) in [5.74, 6) is -0.795. The van der Waals surface area contributed by atoms with Gasteiger partial charge in [-0.25, -0.2) is 0 Å². The molecule has 0 aliphatic carbocycles. The molecule has 0 bridgehead atoms. The van der Waals surface area contributed by atoms with Crippen LogP contribution in [-0.4, -0.2) is 38.8 Å². The summed E-state index contributed by atoms with van der Waals surface area (Å²) in [5.41, 5.74) is 3.86. The van der Waals surface area contributed by atoms with Crippen molar-refractivity contribution in [1.29, 1.82) is 0 Å². The molecule has 0 spiro atoms. The Hall–Kier alpha value is -2.40. The summed E-state index contributed by atoms with van der Waals surface area (Å²) in [5, 5.41) is 12.9. The third-order valence-electron chi connectivity index (χ3n) is 4.09. The van der Waals surface area contributed by atoms with E-state index in [1.807, 2.05) is 18.5 Å². The van der Waals surface area contributed by atoms with Gasteiger partial charge in [0.05, 0.1) is 19.2 Å². The van der Waals surface area contributed by atoms with Crippen LogP contribution in [0.5, 0.6) is 0 Å². The molecule has 5 nitrogen and oxygen atoms in total. The van der Waals surface area contributed by atoms with E-state index < -0.39 is 5.97 Å². The van der Waals surface area contributed by atoms with Gasteiger partial charge >= 0.3 is 5.97 Å². The highest BCUT2D eigenvalue weighted by Gasteiger charge is 2.14. The van der Waals surface area contributed by atoms with E-state index in [2.05, 4.69) is 40.3 Å². The van der Waals surface area contributed by atoms with Gasteiger partial charge in [0.25, 0.3) is 0 Å². The third-order valence-corrected chi connectivity index (χ3v) is 4.09. The van der Waals surface area contributed by atoms with Crippen LogP contribution in [0.3, 0.4) is 0 Å². The zero-order chi connectivity index (χ0) is 16.1. The number of carboxylic acids is 1. The SMILES string of the molecule is O=C(O)CCn1cc(CN2CC=C(c3ccccc3)CC2)cn1. The van der Waals surface area contributed by atoms with Gasteiger partial charge in [0, 0.05) is 31.4 Å². The quantitative estimate of drug-likeness (QED) is 0.891. The third kappa shape index (κ3) is 4.29. The molecule has 1 aliphatic rings. The van der Waals surface area contributed by atoms with Crippen LogP contribution >= 0.6 is 0 Å². The molecule has 5 heteroatoms. The first kappa shape index (κ1) is 15.5. The lowest BCUT2D eigenvalue weighted by Crippen LogP contribution is -2.27. The molecule has 1 N–H and O–H groups in total. The monoisotopic (exact) mass is 311 g/mol. The molecule has 2 aromatic rings. The van der Waals surface area contributed by atoms with E-state index in [0.717, 1.165) is 31.6 Å². The second-order valence-corrected chi connectivity index (χ2v) is 5.84. The zero-order valence-electron chi connectivity index (χ0n) is 13.1. The van der Waals surface area contributed by atoms with Crippen molar-refractivity contribution >= 4 is 11.5 Å². The maximum absolute atomic E-state index is 10.6. The Bertz CT molecular complexity index is 691. The van der Waals surface area contributed by atoms with Crippen molar-refractivity contribution in [3.8, 4) is 0 Å². The second-order valence-electron chi connectivity index (χ2n) is 5.84. The molecule has 1 aromatic heterocycles. The maximum Gasteiger partial charge on any atom is 0.305 e. The average molecular weight is 311 g/mol. The maximum atomic E-state index is 10.6. The molecule has 0 fully saturated rings. The Labute approximate surface area is 135 Å². The van der Waals surface area contributed by atoms with Crippen molar-refractivity contribution in [3.63, 3.8) is 0 Å². The Balaban J connectivity index is 1.54. The molecular formula is C18H21N3O2. The van der Waals surface area contributed by atoms with Gasteiger partial charge in [-0.05, 0) is 17.6 Å². The summed E-state index contributed by atoms with van der Waals surface area (Å²) in [6, 6.07) is 10.5. The number of carbonyl (C=O) groups is 1. The standard InChI is InChI=1S/C18H21N3O2/c22-18(23)8-11-21-14-15(12-19-21)13-20-9-6-17(7-10-20)16-4-2-1-3-5-16/h1-6,12,14H,7-11,13H2,(H,22,23). The topological polar surface area (TPSA) is 58.4 Å². The van der Waals surface area contributed by atoms with E-state index in [9.17, 15) is 4.79 Å². The van der Waals surface area contributed by atoms with Crippen molar-refractivity contribution in [1.82, 2.24) is 14.7 Å². The van der Waals surface area contributed by atoms with E-state index in [1.165, 1.54) is 11.1 Å². The van der Waals surface area contributed by atoms with Gasteiger partial charge in [-0.1, -0.05) is 36.4 Å². The number of aromatic nitrogens is 2. The van der Waals surface area contributed by atoms with Crippen molar-refractivity contribution < 1.29 is 9.90 Å². The summed E-state index contributed by atoms with van der Waals surface area (Å²) in [6.07, 6.45) is 7.23. The lowest BCUT2D eigenvalue weighted by molar-refractivity contribution is -0.137. The summed E-state index contributed by atoms with van der Waals surface area (Å²) in [4.78, 5) is 13.0. The van der Waals surface area contributed by atoms with Gasteiger partial charge in [-0.3, -0.25) is 14.4 Å². The van der Waals surface area contributed by atoms with Crippen LogP contribution in [0.25, 0.3) is 5.57 Å². The fourth-order valence-electron chi connectivity index (χ4n) is 2.85. The molecular weight excluding hydrogens is 290 g/mol. The van der Waals surface area contributed by atoms with Crippen LogP contribution in [0, 0.1) is 0 Å². The van der Waals surface area contributed by atoms with E-state index in [4.69, 9.17) is 5.11 Å². The van der Waals surface area contributed by atoms with Crippen LogP contribution in [0.1, 0.15) is 24.0 Å². The van der Waals surface area contributed by atoms with Gasteiger partial charge in [0.15, 0.2) is 0 Å². The molecule has 3 rings (SSSR count). The van der Waals surface area contributed by atoms with Crippen molar-refractivity contribution in [3.05, 3.63) is 59.9 Å². The average Bonchev–Trinajstić information content (AvgIpc) is 3.02. The van der Waals surface area contributed by atoms with E-state index >= 15 is 0 Å². The number of benzene rings is 1. The number of hydrogen-bond donors (Lipinski definition) is 1. The zero-order valence-corrected chi connectivity index (χ0v) is 13.1.